The third-order valence-corrected chi connectivity index (χ3v) is 5.47. The molecule has 0 fully saturated rings. The van der Waals surface area contributed by atoms with Crippen molar-refractivity contribution in [3.05, 3.63) is 88.5 Å². The predicted molar refractivity (Wildman–Crippen MR) is 131 cm³/mol. The number of carbonyl (C=O) groups is 1. The number of benzene rings is 3. The Kier molecular flexibility index (Phi) is 7.86. The fraction of sp³-hybridized carbons (Fsp3) is 0.154. The molecule has 3 aromatic carbocycles. The van der Waals surface area contributed by atoms with Crippen LogP contribution in [0, 0.1) is 0 Å². The number of phenolic OH excluding ortho intramolecular Hbond substituents is 1. The Balaban J connectivity index is 2.09. The highest BCUT2D eigenvalue weighted by Gasteiger charge is 2.33. The van der Waals surface area contributed by atoms with E-state index in [0.717, 1.165) is 18.7 Å². The van der Waals surface area contributed by atoms with Gasteiger partial charge in [-0.05, 0) is 66.1 Å². The summed E-state index contributed by atoms with van der Waals surface area (Å²) in [6, 6.07) is 16.2. The number of primary amides is 1. The van der Waals surface area contributed by atoms with Crippen LogP contribution in [0.15, 0.2) is 71.7 Å². The summed E-state index contributed by atoms with van der Waals surface area (Å²) in [4.78, 5) is 14.8. The zero-order chi connectivity index (χ0) is 25.8. The van der Waals surface area contributed by atoms with Crippen molar-refractivity contribution >= 4 is 28.8 Å². The number of aromatic hydroxyl groups is 1. The zero-order valence-corrected chi connectivity index (χ0v) is 19.6. The first kappa shape index (κ1) is 25.8. The van der Waals surface area contributed by atoms with Gasteiger partial charge < -0.3 is 15.6 Å². The molecule has 0 aliphatic rings. The van der Waals surface area contributed by atoms with Crippen molar-refractivity contribution in [1.29, 1.82) is 0 Å². The topological polar surface area (TPSA) is 84.9 Å². The van der Waals surface area contributed by atoms with E-state index in [1.54, 1.807) is 42.5 Å². The summed E-state index contributed by atoms with van der Waals surface area (Å²) < 4.78 is 45.5. The third-order valence-electron chi connectivity index (χ3n) is 5.21. The Labute approximate surface area is 205 Å². The van der Waals surface area contributed by atoms with Gasteiger partial charge >= 0.3 is 6.18 Å². The maximum absolute atomic E-state index is 13.2. The van der Waals surface area contributed by atoms with Crippen LogP contribution in [0.25, 0.3) is 16.7 Å². The van der Waals surface area contributed by atoms with Crippen molar-refractivity contribution in [2.75, 3.05) is 7.05 Å². The number of nitrogens with zero attached hydrogens (tertiary/aromatic N) is 1. The number of amides is 1. The summed E-state index contributed by atoms with van der Waals surface area (Å²) >= 11 is 5.92. The zero-order valence-electron chi connectivity index (χ0n) is 18.9. The third kappa shape index (κ3) is 6.22. The Morgan fingerprint density at radius 2 is 1.71 bits per heavy atom. The number of phenols is 1. The van der Waals surface area contributed by atoms with E-state index in [2.05, 4.69) is 4.99 Å². The highest BCUT2D eigenvalue weighted by atomic mass is 35.5. The average Bonchev–Trinajstić information content (AvgIpc) is 2.81. The smallest absolute Gasteiger partial charge is 0.432 e. The molecule has 1 amide bonds. The molecule has 3 N–H and O–H groups in total. The lowest BCUT2D eigenvalue weighted by Gasteiger charge is -2.17. The second-order valence-corrected chi connectivity index (χ2v) is 8.06. The number of aliphatic imine (C=N–C) groups is 1. The van der Waals surface area contributed by atoms with Crippen molar-refractivity contribution in [3.8, 4) is 22.6 Å². The van der Waals surface area contributed by atoms with E-state index in [-0.39, 0.29) is 34.6 Å². The largest absolute Gasteiger partial charge is 0.507 e. The molecular formula is C26H22ClF3N2O3. The Bertz CT molecular complexity index is 1280. The van der Waals surface area contributed by atoms with Crippen LogP contribution in [-0.2, 0) is 6.61 Å². The van der Waals surface area contributed by atoms with Crippen LogP contribution in [-0.4, -0.2) is 29.9 Å². The van der Waals surface area contributed by atoms with E-state index in [0.29, 0.717) is 16.3 Å². The number of carbonyl (C=O) groups excluding carboxylic acids is 1. The van der Waals surface area contributed by atoms with Gasteiger partial charge in [-0.1, -0.05) is 35.9 Å². The molecule has 0 saturated carbocycles. The molecule has 5 nitrogen and oxygen atoms in total. The normalized spacial score (nSPS) is 12.5. The first-order valence-corrected chi connectivity index (χ1v) is 10.7. The number of nitrogens with two attached hydrogens (primary N) is 1. The summed E-state index contributed by atoms with van der Waals surface area (Å²) in [5, 5.41) is 11.7. The van der Waals surface area contributed by atoms with E-state index in [9.17, 15) is 23.1 Å². The molecular weight excluding hydrogens is 481 g/mol. The molecule has 9 heteroatoms. The molecule has 0 bridgehead atoms. The number of halogens is 4. The average molecular weight is 503 g/mol. The molecule has 0 heterocycles. The summed E-state index contributed by atoms with van der Waals surface area (Å²) in [5.41, 5.74) is 6.37. The fourth-order valence-corrected chi connectivity index (χ4v) is 3.51. The lowest BCUT2D eigenvalue weighted by Crippen LogP contribution is -2.20. The quantitative estimate of drug-likeness (QED) is 0.365. The molecule has 3 aromatic rings. The molecule has 0 radical (unpaired) electrons. The summed E-state index contributed by atoms with van der Waals surface area (Å²) in [5.74, 6) is -0.608. The summed E-state index contributed by atoms with van der Waals surface area (Å²) in [7, 11) is 1.05. The number of hydrogen-bond acceptors (Lipinski definition) is 4. The lowest BCUT2D eigenvalue weighted by molar-refractivity contribution is -0.0577. The SMILES string of the molecule is CN=C(/C=C(\C)c1ccc(OCc2ccc(Cl)cc2)c(-c2ccc(C(N)=O)cc2)c1O)C(F)(F)F. The maximum atomic E-state index is 13.2. The molecule has 0 aliphatic carbocycles. The molecule has 0 aromatic heterocycles. The minimum absolute atomic E-state index is 0.151. The van der Waals surface area contributed by atoms with Crippen LogP contribution in [0.4, 0.5) is 13.2 Å². The van der Waals surface area contributed by atoms with Crippen LogP contribution < -0.4 is 10.5 Å². The number of rotatable bonds is 7. The first-order chi connectivity index (χ1) is 16.5. The first-order valence-electron chi connectivity index (χ1n) is 10.4. The van der Waals surface area contributed by atoms with Gasteiger partial charge in [0, 0.05) is 23.2 Å². The van der Waals surface area contributed by atoms with Crippen molar-refractivity contribution in [3.63, 3.8) is 0 Å². The van der Waals surface area contributed by atoms with Crippen molar-refractivity contribution in [2.45, 2.75) is 19.7 Å². The van der Waals surface area contributed by atoms with Crippen LogP contribution in [0.1, 0.15) is 28.4 Å². The van der Waals surface area contributed by atoms with Gasteiger partial charge in [0.2, 0.25) is 5.91 Å². The number of hydrogen-bond donors (Lipinski definition) is 2. The van der Waals surface area contributed by atoms with Crippen LogP contribution in [0.2, 0.25) is 5.02 Å². The molecule has 0 saturated heterocycles. The van der Waals surface area contributed by atoms with E-state index < -0.39 is 17.8 Å². The van der Waals surface area contributed by atoms with E-state index in [1.165, 1.54) is 25.1 Å². The van der Waals surface area contributed by atoms with Gasteiger partial charge in [0.1, 0.15) is 23.8 Å². The number of allylic oxidation sites excluding steroid dienone is 2. The minimum Gasteiger partial charge on any atom is -0.507 e. The summed E-state index contributed by atoms with van der Waals surface area (Å²) in [6.45, 7) is 1.60. The van der Waals surface area contributed by atoms with Gasteiger partial charge in [-0.15, -0.1) is 0 Å². The second-order valence-electron chi connectivity index (χ2n) is 7.63. The Hall–Kier alpha value is -3.78. The lowest BCUT2D eigenvalue weighted by atomic mass is 9.95. The van der Waals surface area contributed by atoms with Gasteiger partial charge in [-0.3, -0.25) is 9.79 Å². The van der Waals surface area contributed by atoms with Crippen molar-refractivity contribution in [2.24, 2.45) is 10.7 Å². The van der Waals surface area contributed by atoms with Crippen LogP contribution in [0.3, 0.4) is 0 Å². The molecule has 3 rings (SSSR count). The molecule has 0 spiro atoms. The van der Waals surface area contributed by atoms with Gasteiger partial charge in [0.05, 0.1) is 5.56 Å². The standard InChI is InChI=1S/C26H22ClF3N2O3/c1-15(13-22(32-2)26(28,29)30)20-11-12-21(35-14-16-3-9-19(27)10-4-16)23(24(20)33)17-5-7-18(8-6-17)25(31)34/h3-13,33H,14H2,1-2H3,(H2,31,34)/b15-13+,32-22?. The second kappa shape index (κ2) is 10.7. The maximum Gasteiger partial charge on any atom is 0.432 e. The molecule has 182 valence electrons. The number of alkyl halides is 3. The molecule has 35 heavy (non-hydrogen) atoms. The molecule has 0 aliphatic heterocycles. The van der Waals surface area contributed by atoms with E-state index >= 15 is 0 Å². The van der Waals surface area contributed by atoms with Crippen molar-refractivity contribution in [1.82, 2.24) is 0 Å². The highest BCUT2D eigenvalue weighted by molar-refractivity contribution is 6.30. The van der Waals surface area contributed by atoms with Crippen LogP contribution >= 0.6 is 11.6 Å². The Morgan fingerprint density at radius 1 is 1.09 bits per heavy atom. The fourth-order valence-electron chi connectivity index (χ4n) is 3.39. The van der Waals surface area contributed by atoms with Crippen molar-refractivity contribution < 1.29 is 27.8 Å². The minimum atomic E-state index is -4.64. The number of ether oxygens (including phenoxy) is 1. The predicted octanol–water partition coefficient (Wildman–Crippen LogP) is 6.43. The molecule has 0 unspecified atom stereocenters. The Morgan fingerprint density at radius 3 is 2.26 bits per heavy atom. The van der Waals surface area contributed by atoms with E-state index in [4.69, 9.17) is 22.1 Å². The van der Waals surface area contributed by atoms with E-state index in [1.807, 2.05) is 0 Å². The van der Waals surface area contributed by atoms with Gasteiger partial charge in [-0.2, -0.15) is 13.2 Å². The van der Waals surface area contributed by atoms with Crippen LogP contribution in [0.5, 0.6) is 11.5 Å². The van der Waals surface area contributed by atoms with Gasteiger partial charge in [0.15, 0.2) is 0 Å². The summed E-state index contributed by atoms with van der Waals surface area (Å²) in [6.07, 6.45) is -3.77. The highest BCUT2D eigenvalue weighted by Crippen LogP contribution is 2.43. The van der Waals surface area contributed by atoms with Gasteiger partial charge in [0.25, 0.3) is 0 Å². The molecule has 0 atom stereocenters. The van der Waals surface area contributed by atoms with Gasteiger partial charge in [-0.25, -0.2) is 0 Å². The monoisotopic (exact) mass is 502 g/mol.